The zero-order chi connectivity index (χ0) is 15.8. The molecule has 1 aliphatic rings. The molecule has 0 saturated carbocycles. The number of anilines is 2. The second-order valence-corrected chi connectivity index (χ2v) is 6.40. The van der Waals surface area contributed by atoms with Gasteiger partial charge in [-0.15, -0.1) is 0 Å². The van der Waals surface area contributed by atoms with Gasteiger partial charge in [0.2, 0.25) is 0 Å². The van der Waals surface area contributed by atoms with Crippen LogP contribution in [0.2, 0.25) is 0 Å². The van der Waals surface area contributed by atoms with Crippen LogP contribution in [0.3, 0.4) is 0 Å². The fourth-order valence-electron chi connectivity index (χ4n) is 3.38. The van der Waals surface area contributed by atoms with Crippen LogP contribution in [0.1, 0.15) is 12.5 Å². The minimum atomic E-state index is 0.377. The van der Waals surface area contributed by atoms with Crippen LogP contribution in [-0.2, 0) is 6.42 Å². The summed E-state index contributed by atoms with van der Waals surface area (Å²) >= 11 is 5.73. The van der Waals surface area contributed by atoms with E-state index in [1.54, 1.807) is 0 Å². The van der Waals surface area contributed by atoms with Crippen LogP contribution in [0.4, 0.5) is 11.4 Å². The van der Waals surface area contributed by atoms with Crippen molar-refractivity contribution in [3.05, 3.63) is 72.3 Å². The molecule has 0 fully saturated rings. The number of fused-ring (bicyclic) bond motifs is 2. The van der Waals surface area contributed by atoms with Crippen LogP contribution >= 0.6 is 12.2 Å². The lowest BCUT2D eigenvalue weighted by Gasteiger charge is -2.26. The third-order valence-corrected chi connectivity index (χ3v) is 4.76. The van der Waals surface area contributed by atoms with Crippen LogP contribution in [-0.4, -0.2) is 11.2 Å². The minimum absolute atomic E-state index is 0.377. The summed E-state index contributed by atoms with van der Waals surface area (Å²) in [7, 11) is 0. The molecule has 0 saturated heterocycles. The third-order valence-electron chi connectivity index (χ3n) is 4.46. The summed E-state index contributed by atoms with van der Waals surface area (Å²) < 4.78 is 0. The van der Waals surface area contributed by atoms with Crippen molar-refractivity contribution in [2.24, 2.45) is 0 Å². The molecule has 23 heavy (non-hydrogen) atoms. The molecular weight excluding hydrogens is 300 g/mol. The number of rotatable bonds is 1. The molecule has 1 heterocycles. The number of nitrogens with zero attached hydrogens (tertiary/aromatic N) is 1. The molecule has 1 aliphatic heterocycles. The first-order valence-electron chi connectivity index (χ1n) is 7.90. The Hall–Kier alpha value is -2.39. The summed E-state index contributed by atoms with van der Waals surface area (Å²) in [4.78, 5) is 2.23. The number of thiocarbonyl (C=S) groups is 1. The molecule has 1 atom stereocenters. The van der Waals surface area contributed by atoms with E-state index >= 15 is 0 Å². The molecule has 3 heteroatoms. The average molecular weight is 318 g/mol. The van der Waals surface area contributed by atoms with Gasteiger partial charge >= 0.3 is 0 Å². The summed E-state index contributed by atoms with van der Waals surface area (Å²) in [6.45, 7) is 2.22. The van der Waals surface area contributed by atoms with E-state index in [0.29, 0.717) is 6.04 Å². The van der Waals surface area contributed by atoms with E-state index < -0.39 is 0 Å². The molecule has 1 unspecified atom stereocenters. The first-order chi connectivity index (χ1) is 11.2. The fraction of sp³-hybridized carbons (Fsp3) is 0.150. The van der Waals surface area contributed by atoms with Crippen molar-refractivity contribution >= 4 is 39.5 Å². The van der Waals surface area contributed by atoms with Gasteiger partial charge in [-0.25, -0.2) is 0 Å². The highest BCUT2D eigenvalue weighted by Crippen LogP contribution is 2.33. The highest BCUT2D eigenvalue weighted by atomic mass is 32.1. The van der Waals surface area contributed by atoms with Gasteiger partial charge in [-0.05, 0) is 48.6 Å². The van der Waals surface area contributed by atoms with Crippen molar-refractivity contribution in [3.63, 3.8) is 0 Å². The minimum Gasteiger partial charge on any atom is -0.332 e. The molecule has 0 radical (unpaired) electrons. The number of hydrogen-bond donors (Lipinski definition) is 1. The second kappa shape index (κ2) is 5.67. The Kier molecular flexibility index (Phi) is 3.50. The maximum atomic E-state index is 5.73. The van der Waals surface area contributed by atoms with Gasteiger partial charge in [-0.1, -0.05) is 54.6 Å². The van der Waals surface area contributed by atoms with E-state index in [1.807, 2.05) is 0 Å². The Morgan fingerprint density at radius 2 is 1.74 bits per heavy atom. The second-order valence-electron chi connectivity index (χ2n) is 6.01. The van der Waals surface area contributed by atoms with Gasteiger partial charge in [0.1, 0.15) is 0 Å². The summed E-state index contributed by atoms with van der Waals surface area (Å²) in [6.07, 6.45) is 1.04. The number of hydrogen-bond acceptors (Lipinski definition) is 1. The molecule has 3 aromatic carbocycles. The van der Waals surface area contributed by atoms with Gasteiger partial charge in [0, 0.05) is 22.8 Å². The Balaban J connectivity index is 1.68. The summed E-state index contributed by atoms with van der Waals surface area (Å²) in [5, 5.41) is 6.63. The highest BCUT2D eigenvalue weighted by molar-refractivity contribution is 7.80. The van der Waals surface area contributed by atoms with E-state index in [4.69, 9.17) is 12.2 Å². The molecular formula is C20H18N2S. The predicted octanol–water partition coefficient (Wildman–Crippen LogP) is 4.99. The smallest absolute Gasteiger partial charge is 0.178 e. The Morgan fingerprint density at radius 3 is 2.65 bits per heavy atom. The van der Waals surface area contributed by atoms with Crippen molar-refractivity contribution in [2.45, 2.75) is 19.4 Å². The van der Waals surface area contributed by atoms with Crippen molar-refractivity contribution in [1.82, 2.24) is 0 Å². The first-order valence-corrected chi connectivity index (χ1v) is 8.31. The van der Waals surface area contributed by atoms with Gasteiger partial charge in [0.25, 0.3) is 0 Å². The van der Waals surface area contributed by atoms with Crippen molar-refractivity contribution in [3.8, 4) is 0 Å². The van der Waals surface area contributed by atoms with Gasteiger partial charge in [0.15, 0.2) is 5.11 Å². The maximum Gasteiger partial charge on any atom is 0.178 e. The van der Waals surface area contributed by atoms with Crippen molar-refractivity contribution in [1.29, 1.82) is 0 Å². The Morgan fingerprint density at radius 1 is 1.00 bits per heavy atom. The lowest BCUT2D eigenvalue weighted by Crippen LogP contribution is -2.38. The first kappa shape index (κ1) is 14.2. The summed E-state index contributed by atoms with van der Waals surface area (Å²) in [5.41, 5.74) is 3.64. The van der Waals surface area contributed by atoms with Crippen molar-refractivity contribution in [2.75, 3.05) is 10.2 Å². The number of para-hydroxylation sites is 1. The topological polar surface area (TPSA) is 15.3 Å². The average Bonchev–Trinajstić information content (AvgIpc) is 2.91. The van der Waals surface area contributed by atoms with Crippen LogP contribution in [0, 0.1) is 0 Å². The monoisotopic (exact) mass is 318 g/mol. The standard InChI is InChI=1S/C20H18N2S/c1-14-13-16-8-3-5-12-19(16)22(14)20(23)21-18-11-6-9-15-7-2-4-10-17(15)18/h2-12,14H,13H2,1H3,(H,21,23). The number of benzene rings is 3. The van der Waals surface area contributed by atoms with Crippen LogP contribution in [0.5, 0.6) is 0 Å². The van der Waals surface area contributed by atoms with Gasteiger partial charge < -0.3 is 10.2 Å². The number of nitrogens with one attached hydrogen (secondary N) is 1. The van der Waals surface area contributed by atoms with E-state index in [2.05, 4.69) is 83.9 Å². The summed E-state index contributed by atoms with van der Waals surface area (Å²) in [5.74, 6) is 0. The zero-order valence-electron chi connectivity index (χ0n) is 13.0. The highest BCUT2D eigenvalue weighted by Gasteiger charge is 2.28. The van der Waals surface area contributed by atoms with Gasteiger partial charge in [0.05, 0.1) is 0 Å². The third kappa shape index (κ3) is 2.47. The Bertz CT molecular complexity index is 882. The van der Waals surface area contributed by atoms with E-state index in [0.717, 1.165) is 17.2 Å². The van der Waals surface area contributed by atoms with Crippen molar-refractivity contribution < 1.29 is 0 Å². The maximum absolute atomic E-state index is 5.73. The molecule has 0 bridgehead atoms. The van der Waals surface area contributed by atoms with E-state index in [1.165, 1.54) is 22.0 Å². The molecule has 3 aromatic rings. The predicted molar refractivity (Wildman–Crippen MR) is 102 cm³/mol. The molecule has 2 nitrogen and oxygen atoms in total. The molecule has 0 aliphatic carbocycles. The van der Waals surface area contributed by atoms with Crippen LogP contribution in [0.15, 0.2) is 66.7 Å². The van der Waals surface area contributed by atoms with E-state index in [9.17, 15) is 0 Å². The van der Waals surface area contributed by atoms with Gasteiger partial charge in [-0.3, -0.25) is 0 Å². The Labute approximate surface area is 141 Å². The molecule has 114 valence electrons. The van der Waals surface area contributed by atoms with Crippen LogP contribution in [0.25, 0.3) is 10.8 Å². The summed E-state index contributed by atoms with van der Waals surface area (Å²) in [6, 6.07) is 23.5. The quantitative estimate of drug-likeness (QED) is 0.637. The lowest BCUT2D eigenvalue weighted by molar-refractivity contribution is 0.776. The molecule has 1 N–H and O–H groups in total. The zero-order valence-corrected chi connectivity index (χ0v) is 13.8. The SMILES string of the molecule is CC1Cc2ccccc2N1C(=S)Nc1cccc2ccccc12. The lowest BCUT2D eigenvalue weighted by atomic mass is 10.1. The van der Waals surface area contributed by atoms with Crippen LogP contribution < -0.4 is 10.2 Å². The molecule has 0 amide bonds. The van der Waals surface area contributed by atoms with Gasteiger partial charge in [-0.2, -0.15) is 0 Å². The largest absolute Gasteiger partial charge is 0.332 e. The molecule has 0 aromatic heterocycles. The fourth-order valence-corrected chi connectivity index (χ4v) is 3.77. The molecule has 4 rings (SSSR count). The molecule has 0 spiro atoms. The normalized spacial score (nSPS) is 16.4. The van der Waals surface area contributed by atoms with E-state index in [-0.39, 0.29) is 0 Å².